The average molecular weight is 227 g/mol. The summed E-state index contributed by atoms with van der Waals surface area (Å²) in [6.45, 7) is 3.96. The summed E-state index contributed by atoms with van der Waals surface area (Å²) in [6.07, 6.45) is 1.09. The molecule has 15 heavy (non-hydrogen) atoms. The van der Waals surface area contributed by atoms with Gasteiger partial charge in [-0.1, -0.05) is 18.5 Å². The van der Waals surface area contributed by atoms with E-state index in [4.69, 9.17) is 17.4 Å². The first-order valence-electron chi connectivity index (χ1n) is 5.13. The molecule has 0 aliphatic carbocycles. The Bertz CT molecular complexity index is 367. The van der Waals surface area contributed by atoms with E-state index in [2.05, 4.69) is 22.7 Å². The number of nitrogens with zero attached hydrogens (tertiary/aromatic N) is 1. The average Bonchev–Trinajstić information content (AvgIpc) is 2.27. The van der Waals surface area contributed by atoms with Gasteiger partial charge in [-0.05, 0) is 24.0 Å². The van der Waals surface area contributed by atoms with Crippen LogP contribution in [0.1, 0.15) is 30.5 Å². The predicted molar refractivity (Wildman–Crippen MR) is 61.8 cm³/mol. The largest absolute Gasteiger partial charge is 0.321 e. The zero-order chi connectivity index (χ0) is 10.8. The van der Waals surface area contributed by atoms with Crippen LogP contribution < -0.4 is 16.6 Å². The van der Waals surface area contributed by atoms with Crippen molar-refractivity contribution in [1.82, 2.24) is 10.3 Å². The molecule has 1 aliphatic heterocycles. The van der Waals surface area contributed by atoms with Crippen LogP contribution in [0.4, 0.5) is 5.69 Å². The topological polar surface area (TPSA) is 63.0 Å². The molecule has 0 saturated heterocycles. The molecule has 0 saturated carbocycles. The molecule has 4 N–H and O–H groups in total. The number of hydrogen-bond donors (Lipinski definition) is 3. The van der Waals surface area contributed by atoms with Gasteiger partial charge < -0.3 is 10.7 Å². The predicted octanol–water partition coefficient (Wildman–Crippen LogP) is 1.62. The van der Waals surface area contributed by atoms with Crippen LogP contribution in [-0.4, -0.2) is 11.5 Å². The van der Waals surface area contributed by atoms with E-state index in [9.17, 15) is 0 Å². The molecule has 0 radical (unpaired) electrons. The molecule has 0 fully saturated rings. The molecule has 2 heterocycles. The molecule has 4 nitrogen and oxygen atoms in total. The van der Waals surface area contributed by atoms with Crippen LogP contribution in [0.25, 0.3) is 0 Å². The first-order chi connectivity index (χ1) is 7.26. The van der Waals surface area contributed by atoms with Gasteiger partial charge >= 0.3 is 0 Å². The van der Waals surface area contributed by atoms with Gasteiger partial charge in [0, 0.05) is 13.1 Å². The smallest absolute Gasteiger partial charge is 0.153 e. The molecule has 5 heteroatoms. The van der Waals surface area contributed by atoms with Crippen molar-refractivity contribution >= 4 is 17.3 Å². The Balaban J connectivity index is 2.46. The summed E-state index contributed by atoms with van der Waals surface area (Å²) in [5.74, 6) is 5.89. The minimum absolute atomic E-state index is 0.440. The monoisotopic (exact) mass is 226 g/mol. The number of fused-ring (bicyclic) bond motifs is 1. The summed E-state index contributed by atoms with van der Waals surface area (Å²) in [5, 5.41) is 3.77. The van der Waals surface area contributed by atoms with Crippen molar-refractivity contribution in [2.24, 2.45) is 5.84 Å². The second-order valence-corrected chi connectivity index (χ2v) is 4.10. The van der Waals surface area contributed by atoms with Crippen molar-refractivity contribution < 1.29 is 0 Å². The molecular formula is C10H15ClN4. The Kier molecular flexibility index (Phi) is 3.09. The van der Waals surface area contributed by atoms with E-state index in [1.165, 1.54) is 5.56 Å². The molecule has 1 atom stereocenters. The fourth-order valence-electron chi connectivity index (χ4n) is 1.98. The molecule has 1 aliphatic rings. The summed E-state index contributed by atoms with van der Waals surface area (Å²) >= 11 is 5.97. The van der Waals surface area contributed by atoms with Crippen LogP contribution in [0, 0.1) is 0 Å². The van der Waals surface area contributed by atoms with Gasteiger partial charge in [-0.3, -0.25) is 5.84 Å². The van der Waals surface area contributed by atoms with Gasteiger partial charge in [0.05, 0.1) is 11.4 Å². The van der Waals surface area contributed by atoms with Crippen molar-refractivity contribution in [1.29, 1.82) is 0 Å². The zero-order valence-electron chi connectivity index (χ0n) is 8.68. The maximum Gasteiger partial charge on any atom is 0.153 e. The van der Waals surface area contributed by atoms with E-state index in [-0.39, 0.29) is 0 Å². The van der Waals surface area contributed by atoms with Crippen LogP contribution in [-0.2, 0) is 6.54 Å². The van der Waals surface area contributed by atoms with Crippen molar-refractivity contribution in [2.45, 2.75) is 25.8 Å². The molecule has 1 aromatic heterocycles. The second-order valence-electron chi connectivity index (χ2n) is 3.74. The van der Waals surface area contributed by atoms with E-state index in [1.54, 1.807) is 0 Å². The van der Waals surface area contributed by atoms with Crippen LogP contribution >= 0.6 is 11.6 Å². The van der Waals surface area contributed by atoms with Crippen molar-refractivity contribution in [3.63, 3.8) is 0 Å². The minimum Gasteiger partial charge on any atom is -0.321 e. The van der Waals surface area contributed by atoms with Gasteiger partial charge in [-0.15, -0.1) is 0 Å². The van der Waals surface area contributed by atoms with E-state index < -0.39 is 0 Å². The Morgan fingerprint density at radius 3 is 3.20 bits per heavy atom. The second kappa shape index (κ2) is 4.35. The van der Waals surface area contributed by atoms with Crippen LogP contribution in [0.5, 0.6) is 0 Å². The molecule has 2 rings (SSSR count). The lowest BCUT2D eigenvalue weighted by atomic mass is 9.92. The van der Waals surface area contributed by atoms with E-state index in [1.807, 2.05) is 6.07 Å². The van der Waals surface area contributed by atoms with Crippen molar-refractivity contribution in [3.8, 4) is 0 Å². The van der Waals surface area contributed by atoms with E-state index in [0.29, 0.717) is 16.8 Å². The number of anilines is 1. The Morgan fingerprint density at radius 2 is 2.53 bits per heavy atom. The number of pyridine rings is 1. The standard InChI is InChI=1S/C10H15ClN4/c1-2-6-4-13-5-9-7(6)3-8(15-12)10(11)14-9/h3,6,13,15H,2,4-5,12H2,1H3. The minimum atomic E-state index is 0.440. The van der Waals surface area contributed by atoms with Crippen LogP contribution in [0.2, 0.25) is 5.15 Å². The lowest BCUT2D eigenvalue weighted by molar-refractivity contribution is 0.521. The van der Waals surface area contributed by atoms with Gasteiger partial charge in [-0.25, -0.2) is 4.98 Å². The summed E-state index contributed by atoms with van der Waals surface area (Å²) in [6, 6.07) is 2.01. The molecule has 82 valence electrons. The van der Waals surface area contributed by atoms with Gasteiger partial charge in [0.25, 0.3) is 0 Å². The maximum absolute atomic E-state index is 5.97. The first-order valence-corrected chi connectivity index (χ1v) is 5.50. The first kappa shape index (κ1) is 10.7. The van der Waals surface area contributed by atoms with Crippen molar-refractivity contribution in [3.05, 3.63) is 22.5 Å². The summed E-state index contributed by atoms with van der Waals surface area (Å²) < 4.78 is 0. The number of rotatable bonds is 2. The number of hydrazine groups is 1. The quantitative estimate of drug-likeness (QED) is 0.407. The Morgan fingerprint density at radius 1 is 1.73 bits per heavy atom. The fourth-order valence-corrected chi connectivity index (χ4v) is 2.19. The Labute approximate surface area is 94.2 Å². The molecule has 0 aromatic carbocycles. The zero-order valence-corrected chi connectivity index (χ0v) is 9.43. The number of aromatic nitrogens is 1. The number of nitrogen functional groups attached to an aromatic ring is 1. The highest BCUT2D eigenvalue weighted by atomic mass is 35.5. The normalized spacial score (nSPS) is 19.8. The lowest BCUT2D eigenvalue weighted by Gasteiger charge is -2.25. The van der Waals surface area contributed by atoms with Crippen molar-refractivity contribution in [2.75, 3.05) is 12.0 Å². The van der Waals surface area contributed by atoms with Crippen LogP contribution in [0.15, 0.2) is 6.07 Å². The van der Waals surface area contributed by atoms with E-state index in [0.717, 1.165) is 25.2 Å². The number of nitrogens with one attached hydrogen (secondary N) is 2. The summed E-state index contributed by atoms with van der Waals surface area (Å²) in [5.41, 5.74) is 5.58. The SMILES string of the molecule is CCC1CNCc2nc(Cl)c(NN)cc21. The number of nitrogens with two attached hydrogens (primary N) is 1. The summed E-state index contributed by atoms with van der Waals surface area (Å²) in [4.78, 5) is 4.34. The molecule has 0 bridgehead atoms. The molecular weight excluding hydrogens is 212 g/mol. The highest BCUT2D eigenvalue weighted by molar-refractivity contribution is 6.32. The lowest BCUT2D eigenvalue weighted by Crippen LogP contribution is -2.29. The van der Waals surface area contributed by atoms with Gasteiger partial charge in [0.1, 0.15) is 0 Å². The van der Waals surface area contributed by atoms with Gasteiger partial charge in [0.2, 0.25) is 0 Å². The van der Waals surface area contributed by atoms with Crippen LogP contribution in [0.3, 0.4) is 0 Å². The molecule has 1 aromatic rings. The molecule has 0 amide bonds. The third-order valence-corrected chi connectivity index (χ3v) is 3.15. The molecule has 1 unspecified atom stereocenters. The third kappa shape index (κ3) is 1.93. The number of hydrogen-bond acceptors (Lipinski definition) is 4. The molecule has 0 spiro atoms. The number of halogens is 1. The Hall–Kier alpha value is -0.840. The highest BCUT2D eigenvalue weighted by Gasteiger charge is 2.21. The third-order valence-electron chi connectivity index (χ3n) is 2.86. The van der Waals surface area contributed by atoms with Gasteiger partial charge in [0.15, 0.2) is 5.15 Å². The highest BCUT2D eigenvalue weighted by Crippen LogP contribution is 2.30. The van der Waals surface area contributed by atoms with E-state index >= 15 is 0 Å². The maximum atomic E-state index is 5.97. The van der Waals surface area contributed by atoms with Gasteiger partial charge in [-0.2, -0.15) is 0 Å². The fraction of sp³-hybridized carbons (Fsp3) is 0.500. The summed E-state index contributed by atoms with van der Waals surface area (Å²) in [7, 11) is 0.